The van der Waals surface area contributed by atoms with Gasteiger partial charge in [0, 0.05) is 71.0 Å². The molecule has 0 aromatic carbocycles. The molecule has 2 aromatic heterocycles. The lowest BCUT2D eigenvalue weighted by atomic mass is 10.0. The number of hydrogen-bond donors (Lipinski definition) is 2. The predicted molar refractivity (Wildman–Crippen MR) is 134 cm³/mol. The van der Waals surface area contributed by atoms with Crippen LogP contribution in [0.15, 0.2) is 41.7 Å². The summed E-state index contributed by atoms with van der Waals surface area (Å²) in [5.41, 5.74) is 2.65. The molecular formula is C25H36N6O3. The molecule has 2 aliphatic rings. The second-order valence-electron chi connectivity index (χ2n) is 8.61. The Morgan fingerprint density at radius 2 is 1.97 bits per heavy atom. The Hall–Kier alpha value is -2.59. The van der Waals surface area contributed by atoms with Crippen LogP contribution in [-0.4, -0.2) is 93.6 Å². The monoisotopic (exact) mass is 468 g/mol. The fourth-order valence-corrected chi connectivity index (χ4v) is 4.13. The first-order chi connectivity index (χ1) is 16.8. The Morgan fingerprint density at radius 1 is 1.15 bits per heavy atom. The van der Waals surface area contributed by atoms with E-state index >= 15 is 0 Å². The number of aromatic nitrogens is 2. The summed E-state index contributed by atoms with van der Waals surface area (Å²) in [6.07, 6.45) is 5.72. The molecule has 34 heavy (non-hydrogen) atoms. The van der Waals surface area contributed by atoms with Crippen LogP contribution in [0.2, 0.25) is 0 Å². The number of methoxy groups -OCH3 is 1. The third-order valence-electron chi connectivity index (χ3n) is 6.13. The number of pyridine rings is 2. The molecule has 0 saturated carbocycles. The van der Waals surface area contributed by atoms with Crippen molar-refractivity contribution in [2.24, 2.45) is 10.9 Å². The summed E-state index contributed by atoms with van der Waals surface area (Å²) in [6.45, 7) is 8.19. The molecule has 184 valence electrons. The second kappa shape index (κ2) is 13.3. The maximum Gasteiger partial charge on any atom is 0.152 e. The minimum Gasteiger partial charge on any atom is -0.381 e. The molecule has 2 saturated heterocycles. The topological polar surface area (TPSA) is 93.1 Å². The van der Waals surface area contributed by atoms with Crippen molar-refractivity contribution in [2.45, 2.75) is 12.8 Å². The molecule has 0 spiro atoms. The number of nitrogens with zero attached hydrogens (tertiary/aromatic N) is 4. The van der Waals surface area contributed by atoms with Gasteiger partial charge in [-0.3, -0.25) is 9.88 Å². The Kier molecular flexibility index (Phi) is 9.62. The molecule has 2 aromatic rings. The summed E-state index contributed by atoms with van der Waals surface area (Å²) in [7, 11) is 1.69. The molecule has 4 heterocycles. The second-order valence-corrected chi connectivity index (χ2v) is 8.61. The smallest absolute Gasteiger partial charge is 0.152 e. The summed E-state index contributed by atoms with van der Waals surface area (Å²) in [5, 5.41) is 7.02. The highest BCUT2D eigenvalue weighted by atomic mass is 16.5. The molecule has 2 aliphatic heterocycles. The summed E-state index contributed by atoms with van der Waals surface area (Å²) in [5.74, 6) is 2.14. The minimum atomic E-state index is 0.410. The van der Waals surface area contributed by atoms with Crippen LogP contribution in [0.25, 0.3) is 11.3 Å². The number of amidine groups is 1. The first kappa shape index (κ1) is 24.5. The molecule has 2 N–H and O–H groups in total. The molecular weight excluding hydrogens is 432 g/mol. The first-order valence-corrected chi connectivity index (χ1v) is 12.2. The lowest BCUT2D eigenvalue weighted by molar-refractivity contribution is 0.0389. The molecule has 0 atom stereocenters. The molecule has 0 unspecified atom stereocenters. The van der Waals surface area contributed by atoms with Gasteiger partial charge in [-0.15, -0.1) is 0 Å². The van der Waals surface area contributed by atoms with Crippen LogP contribution in [0.4, 0.5) is 11.5 Å². The van der Waals surface area contributed by atoms with Crippen LogP contribution < -0.4 is 10.6 Å². The maximum absolute atomic E-state index is 5.51. The van der Waals surface area contributed by atoms with Crippen molar-refractivity contribution in [1.82, 2.24) is 20.2 Å². The molecule has 9 heteroatoms. The molecule has 4 rings (SSSR count). The zero-order chi connectivity index (χ0) is 23.4. The van der Waals surface area contributed by atoms with Crippen molar-refractivity contribution < 1.29 is 14.2 Å². The average molecular weight is 469 g/mol. The number of nitrogens with one attached hydrogen (secondary N) is 2. The third-order valence-corrected chi connectivity index (χ3v) is 6.13. The molecule has 0 amide bonds. The van der Waals surface area contributed by atoms with Crippen LogP contribution in [0, 0.1) is 5.92 Å². The number of hydrogen-bond acceptors (Lipinski definition) is 8. The predicted octanol–water partition coefficient (Wildman–Crippen LogP) is 2.58. The molecule has 2 fully saturated rings. The van der Waals surface area contributed by atoms with Crippen molar-refractivity contribution in [3.8, 4) is 11.3 Å². The van der Waals surface area contributed by atoms with Gasteiger partial charge in [0.05, 0.1) is 18.9 Å². The van der Waals surface area contributed by atoms with E-state index in [1.54, 1.807) is 13.3 Å². The number of rotatable bonds is 10. The maximum atomic E-state index is 5.51. The molecule has 9 nitrogen and oxygen atoms in total. The van der Waals surface area contributed by atoms with Gasteiger partial charge >= 0.3 is 0 Å². The third kappa shape index (κ3) is 7.46. The van der Waals surface area contributed by atoms with Gasteiger partial charge in [0.2, 0.25) is 0 Å². The zero-order valence-electron chi connectivity index (χ0n) is 20.0. The van der Waals surface area contributed by atoms with E-state index in [0.717, 1.165) is 101 Å². The standard InChI is InChI=1S/C25H36N6O3/c1-32-19-24(27-9-10-31-11-15-34-16-12-31)29-23-5-4-22(21-3-2-8-26-18-21)30-25(23)28-17-20-6-13-33-14-7-20/h2-5,8,18,20H,6-7,9-17,19H2,1H3,(H,27,29)(H,28,30). The summed E-state index contributed by atoms with van der Waals surface area (Å²) >= 11 is 0. The highest BCUT2D eigenvalue weighted by Crippen LogP contribution is 2.28. The van der Waals surface area contributed by atoms with Gasteiger partial charge in [0.15, 0.2) is 5.82 Å². The van der Waals surface area contributed by atoms with E-state index in [2.05, 4.69) is 20.5 Å². The molecule has 0 radical (unpaired) electrons. The van der Waals surface area contributed by atoms with Crippen molar-refractivity contribution in [2.75, 3.05) is 78.2 Å². The lowest BCUT2D eigenvalue weighted by Crippen LogP contribution is -2.41. The first-order valence-electron chi connectivity index (χ1n) is 12.2. The van der Waals surface area contributed by atoms with Crippen molar-refractivity contribution in [1.29, 1.82) is 0 Å². The van der Waals surface area contributed by atoms with Crippen LogP contribution in [0.5, 0.6) is 0 Å². The largest absolute Gasteiger partial charge is 0.381 e. The van der Waals surface area contributed by atoms with E-state index in [4.69, 9.17) is 24.2 Å². The van der Waals surface area contributed by atoms with Gasteiger partial charge in [0.25, 0.3) is 0 Å². The van der Waals surface area contributed by atoms with Crippen molar-refractivity contribution >= 4 is 17.3 Å². The van der Waals surface area contributed by atoms with E-state index in [9.17, 15) is 0 Å². The van der Waals surface area contributed by atoms with Gasteiger partial charge in [-0.2, -0.15) is 0 Å². The Bertz CT molecular complexity index is 899. The van der Waals surface area contributed by atoms with E-state index < -0.39 is 0 Å². The Labute approximate surface area is 201 Å². The van der Waals surface area contributed by atoms with Crippen LogP contribution >= 0.6 is 0 Å². The highest BCUT2D eigenvalue weighted by Gasteiger charge is 2.16. The quantitative estimate of drug-likeness (QED) is 0.406. The highest BCUT2D eigenvalue weighted by molar-refractivity contribution is 5.87. The van der Waals surface area contributed by atoms with Gasteiger partial charge in [0.1, 0.15) is 18.1 Å². The Balaban J connectivity index is 1.49. The van der Waals surface area contributed by atoms with E-state index in [0.29, 0.717) is 12.5 Å². The SMILES string of the molecule is COC/C(=N\c1ccc(-c2cccnc2)nc1NCC1CCOCC1)NCCN1CCOCC1. The summed E-state index contributed by atoms with van der Waals surface area (Å²) < 4.78 is 16.4. The molecule has 0 bridgehead atoms. The van der Waals surface area contributed by atoms with Crippen LogP contribution in [-0.2, 0) is 14.2 Å². The van der Waals surface area contributed by atoms with Crippen molar-refractivity contribution in [3.63, 3.8) is 0 Å². The van der Waals surface area contributed by atoms with E-state index in [1.165, 1.54) is 0 Å². The van der Waals surface area contributed by atoms with Gasteiger partial charge < -0.3 is 24.8 Å². The Morgan fingerprint density at radius 3 is 2.74 bits per heavy atom. The number of anilines is 1. The minimum absolute atomic E-state index is 0.410. The zero-order valence-corrected chi connectivity index (χ0v) is 20.0. The van der Waals surface area contributed by atoms with E-state index in [-0.39, 0.29) is 0 Å². The number of aliphatic imine (C=N–C) groups is 1. The lowest BCUT2D eigenvalue weighted by Gasteiger charge is -2.26. The number of morpholine rings is 1. The fraction of sp³-hybridized carbons (Fsp3) is 0.560. The van der Waals surface area contributed by atoms with Gasteiger partial charge in [-0.25, -0.2) is 9.98 Å². The summed E-state index contributed by atoms with van der Waals surface area (Å²) in [4.78, 5) is 16.4. The average Bonchev–Trinajstić information content (AvgIpc) is 2.90. The van der Waals surface area contributed by atoms with Gasteiger partial charge in [-0.1, -0.05) is 0 Å². The van der Waals surface area contributed by atoms with Gasteiger partial charge in [-0.05, 0) is 43.0 Å². The van der Waals surface area contributed by atoms with Crippen LogP contribution in [0.3, 0.4) is 0 Å². The normalized spacial score (nSPS) is 18.1. The van der Waals surface area contributed by atoms with Crippen LogP contribution in [0.1, 0.15) is 12.8 Å². The summed E-state index contributed by atoms with van der Waals surface area (Å²) in [6, 6.07) is 7.95. The molecule has 0 aliphatic carbocycles. The van der Waals surface area contributed by atoms with E-state index in [1.807, 2.05) is 30.5 Å². The fourth-order valence-electron chi connectivity index (χ4n) is 4.13. The van der Waals surface area contributed by atoms with Crippen molar-refractivity contribution in [3.05, 3.63) is 36.7 Å². The number of ether oxygens (including phenoxy) is 3.